The molecule has 0 aliphatic rings. The van der Waals surface area contributed by atoms with Crippen LogP contribution < -0.4 is 9.26 Å². The summed E-state index contributed by atoms with van der Waals surface area (Å²) in [6.45, 7) is 0.989. The van der Waals surface area contributed by atoms with Gasteiger partial charge in [-0.3, -0.25) is 8.32 Å². The molecule has 11 heavy (non-hydrogen) atoms. The normalized spacial score (nSPS) is 13.0. The summed E-state index contributed by atoms with van der Waals surface area (Å²) in [7, 11) is 0. The van der Waals surface area contributed by atoms with Crippen molar-refractivity contribution in [3.8, 4) is 0 Å². The number of carbonyl (C=O) groups is 1. The molecule has 66 valence electrons. The van der Waals surface area contributed by atoms with E-state index in [9.17, 15) is 4.79 Å². The molecule has 0 aliphatic heterocycles. The molecule has 0 fully saturated rings. The zero-order valence-corrected chi connectivity index (χ0v) is 10.5. The van der Waals surface area contributed by atoms with Gasteiger partial charge in [0.2, 0.25) is 3.79 Å². The lowest BCUT2D eigenvalue weighted by atomic mass is 10.1. The Kier molecular flexibility index (Phi) is 8.42. The lowest BCUT2D eigenvalue weighted by Crippen LogP contribution is -2.26. The number of unbranched alkanes of at least 4 members (excludes halogenated alkanes) is 1. The largest absolute Gasteiger partial charge is 0.321 e. The van der Waals surface area contributed by atoms with Crippen LogP contribution in [0.5, 0.6) is 0 Å². The van der Waals surface area contributed by atoms with Crippen LogP contribution in [0, 0.1) is 0 Å². The summed E-state index contributed by atoms with van der Waals surface area (Å²) in [5.74, 6) is 0. The Morgan fingerprint density at radius 1 is 1.55 bits per heavy atom. The molecule has 1 atom stereocenters. The number of carbonyl (C=O) groups excluding carboxylic acids is 1. The second-order valence-corrected chi connectivity index (χ2v) is 4.12. The molecule has 0 unspecified atom stereocenters. The van der Waals surface area contributed by atoms with Crippen molar-refractivity contribution in [2.24, 2.45) is 5.73 Å². The van der Waals surface area contributed by atoms with Gasteiger partial charge < -0.3 is 5.73 Å². The molecule has 0 heterocycles. The van der Waals surface area contributed by atoms with Crippen LogP contribution in [0.4, 0.5) is 0 Å². The number of hydrogen-bond donors (Lipinski definition) is 2. The van der Waals surface area contributed by atoms with Gasteiger partial charge in [-0.15, -0.1) is 0 Å². The van der Waals surface area contributed by atoms with Crippen molar-refractivity contribution >= 4 is 49.2 Å². The van der Waals surface area contributed by atoms with E-state index in [2.05, 4.69) is 26.4 Å². The van der Waals surface area contributed by atoms with Crippen LogP contribution in [-0.4, -0.2) is 16.4 Å². The van der Waals surface area contributed by atoms with Crippen molar-refractivity contribution in [1.82, 2.24) is 3.53 Å². The van der Waals surface area contributed by atoms with Crippen LogP contribution in [0.25, 0.3) is 0 Å². The van der Waals surface area contributed by atoms with E-state index in [4.69, 9.17) is 5.73 Å². The van der Waals surface area contributed by atoms with Gasteiger partial charge in [0, 0.05) is 52.0 Å². The molecule has 0 aromatic rings. The van der Waals surface area contributed by atoms with Gasteiger partial charge in [-0.1, -0.05) is 6.42 Å². The van der Waals surface area contributed by atoms with Crippen LogP contribution in [0.15, 0.2) is 0 Å². The van der Waals surface area contributed by atoms with Crippen molar-refractivity contribution in [3.05, 3.63) is 0 Å². The minimum absolute atomic E-state index is 0.0602. The molecule has 3 N–H and O–H groups in total. The predicted molar refractivity (Wildman–Crippen MR) is 62.9 cm³/mol. The van der Waals surface area contributed by atoms with Crippen LogP contribution >= 0.6 is 45.5 Å². The first kappa shape index (κ1) is 12.0. The summed E-state index contributed by atoms with van der Waals surface area (Å²) in [5, 5.41) is 0. The molecule has 0 amide bonds. The third kappa shape index (κ3) is 7.41. The lowest BCUT2D eigenvalue weighted by Gasteiger charge is -2.04. The van der Waals surface area contributed by atoms with Crippen LogP contribution in [0.3, 0.4) is 0 Å². The average Bonchev–Trinajstić information content (AvgIpc) is 1.97. The van der Waals surface area contributed by atoms with E-state index in [1.807, 2.05) is 0 Å². The number of nitrogens with one attached hydrogen (secondary N) is 1. The monoisotopic (exact) mass is 382 g/mol. The van der Waals surface area contributed by atoms with Crippen molar-refractivity contribution < 1.29 is 4.79 Å². The Morgan fingerprint density at radius 2 is 2.18 bits per heavy atom. The molecule has 3 nitrogen and oxygen atoms in total. The van der Waals surface area contributed by atoms with Crippen molar-refractivity contribution in [2.75, 3.05) is 6.54 Å². The fourth-order valence-corrected chi connectivity index (χ4v) is 1.36. The minimum Gasteiger partial charge on any atom is -0.321 e. The smallest absolute Gasteiger partial charge is 0.208 e. The standard InChI is InChI=1S/C6H12I2N2O/c7-6(11)5(9)3-1-2-4-10-8/h5,10H,1-4,9H2/t5-/m0/s1. The van der Waals surface area contributed by atoms with Crippen LogP contribution in [-0.2, 0) is 4.79 Å². The predicted octanol–water partition coefficient (Wildman–Crippen LogP) is 1.39. The molecule has 0 spiro atoms. The Balaban J connectivity index is 3.17. The van der Waals surface area contributed by atoms with Crippen LogP contribution in [0.1, 0.15) is 19.3 Å². The summed E-state index contributed by atoms with van der Waals surface area (Å²) < 4.78 is 3.07. The van der Waals surface area contributed by atoms with Gasteiger partial charge in [-0.05, 0) is 12.8 Å². The topological polar surface area (TPSA) is 55.1 Å². The molecule has 0 aromatic heterocycles. The van der Waals surface area contributed by atoms with Crippen molar-refractivity contribution in [2.45, 2.75) is 25.3 Å². The molecular weight excluding hydrogens is 370 g/mol. The third-order valence-electron chi connectivity index (χ3n) is 1.33. The number of halogens is 2. The van der Waals surface area contributed by atoms with Crippen LogP contribution in [0.2, 0.25) is 0 Å². The summed E-state index contributed by atoms with van der Waals surface area (Å²) in [5.41, 5.74) is 5.52. The molecule has 0 radical (unpaired) electrons. The molecule has 0 aromatic carbocycles. The first-order valence-electron chi connectivity index (χ1n) is 3.47. The highest BCUT2D eigenvalue weighted by atomic mass is 127. The minimum atomic E-state index is -0.259. The Labute approximate surface area is 94.5 Å². The van der Waals surface area contributed by atoms with Gasteiger partial charge in [0.15, 0.2) is 0 Å². The molecular formula is C6H12I2N2O. The molecule has 0 bridgehead atoms. The maximum Gasteiger partial charge on any atom is 0.208 e. The Morgan fingerprint density at radius 3 is 2.64 bits per heavy atom. The molecule has 0 saturated heterocycles. The van der Waals surface area contributed by atoms with Crippen molar-refractivity contribution in [1.29, 1.82) is 0 Å². The summed E-state index contributed by atoms with van der Waals surface area (Å²) in [6, 6.07) is -0.259. The zero-order valence-electron chi connectivity index (χ0n) is 6.15. The van der Waals surface area contributed by atoms with Gasteiger partial charge in [-0.2, -0.15) is 0 Å². The van der Waals surface area contributed by atoms with Crippen molar-refractivity contribution in [3.63, 3.8) is 0 Å². The zero-order chi connectivity index (χ0) is 8.69. The lowest BCUT2D eigenvalue weighted by molar-refractivity contribution is -0.110. The van der Waals surface area contributed by atoms with E-state index in [0.29, 0.717) is 0 Å². The molecule has 0 saturated carbocycles. The number of nitrogens with two attached hydrogens (primary N) is 1. The first-order chi connectivity index (χ1) is 5.18. The summed E-state index contributed by atoms with van der Waals surface area (Å²) in [6.07, 6.45) is 2.91. The average molecular weight is 382 g/mol. The first-order valence-corrected chi connectivity index (χ1v) is 5.62. The van der Waals surface area contributed by atoms with Gasteiger partial charge in [0.1, 0.15) is 0 Å². The third-order valence-corrected chi connectivity index (χ3v) is 2.67. The van der Waals surface area contributed by atoms with Gasteiger partial charge in [-0.25, -0.2) is 0 Å². The highest BCUT2D eigenvalue weighted by Crippen LogP contribution is 2.02. The van der Waals surface area contributed by atoms with E-state index >= 15 is 0 Å². The van der Waals surface area contributed by atoms with Gasteiger partial charge in [0.25, 0.3) is 0 Å². The van der Waals surface area contributed by atoms with E-state index < -0.39 is 0 Å². The molecule has 0 rings (SSSR count). The second kappa shape index (κ2) is 7.69. The fraction of sp³-hybridized carbons (Fsp3) is 0.833. The van der Waals surface area contributed by atoms with Gasteiger partial charge in [0.05, 0.1) is 6.04 Å². The SMILES string of the molecule is N[C@@H](CCCCNI)C(=O)I. The quantitative estimate of drug-likeness (QED) is 0.316. The van der Waals surface area contributed by atoms with E-state index in [-0.39, 0.29) is 9.83 Å². The molecule has 5 heteroatoms. The Bertz CT molecular complexity index is 121. The number of rotatable bonds is 6. The summed E-state index contributed by atoms with van der Waals surface area (Å²) >= 11 is 3.86. The Hall–Kier alpha value is 1.05. The fourth-order valence-electron chi connectivity index (χ4n) is 0.670. The van der Waals surface area contributed by atoms with E-state index in [1.54, 1.807) is 22.6 Å². The summed E-state index contributed by atoms with van der Waals surface area (Å²) in [4.78, 5) is 10.7. The highest BCUT2D eigenvalue weighted by molar-refractivity contribution is 14.1. The van der Waals surface area contributed by atoms with E-state index in [1.165, 1.54) is 0 Å². The molecule has 0 aliphatic carbocycles. The second-order valence-electron chi connectivity index (χ2n) is 2.29. The number of hydrogen-bond acceptors (Lipinski definition) is 3. The van der Waals surface area contributed by atoms with E-state index in [0.717, 1.165) is 25.8 Å². The maximum absolute atomic E-state index is 10.7. The van der Waals surface area contributed by atoms with Gasteiger partial charge >= 0.3 is 0 Å². The highest BCUT2D eigenvalue weighted by Gasteiger charge is 2.07. The maximum atomic E-state index is 10.7.